The molecule has 1 aromatic heterocycles. The summed E-state index contributed by atoms with van der Waals surface area (Å²) in [5.41, 5.74) is 0. The summed E-state index contributed by atoms with van der Waals surface area (Å²) in [6.07, 6.45) is 0. The summed E-state index contributed by atoms with van der Waals surface area (Å²) in [4.78, 5) is 34.2. The molecule has 0 aliphatic heterocycles. The van der Waals surface area contributed by atoms with Crippen LogP contribution in [0.1, 0.15) is 31.5 Å². The molecule has 21 heavy (non-hydrogen) atoms. The number of nitrogens with one attached hydrogen (secondary N) is 2. The van der Waals surface area contributed by atoms with E-state index in [4.69, 9.17) is 9.15 Å². The Bertz CT molecular complexity index is 518. The van der Waals surface area contributed by atoms with Crippen LogP contribution in [0.4, 0.5) is 4.79 Å². The van der Waals surface area contributed by atoms with Crippen molar-refractivity contribution in [2.75, 3.05) is 13.2 Å². The van der Waals surface area contributed by atoms with E-state index >= 15 is 0 Å². The molecule has 0 spiro atoms. The fourth-order valence-corrected chi connectivity index (χ4v) is 1.84. The quantitative estimate of drug-likeness (QED) is 0.577. The Kier molecular flexibility index (Phi) is 6.66. The first-order valence-corrected chi connectivity index (χ1v) is 7.11. The van der Waals surface area contributed by atoms with E-state index in [-0.39, 0.29) is 17.7 Å². The smallest absolute Gasteiger partial charge is 0.396 e. The highest BCUT2D eigenvalue weighted by Gasteiger charge is 2.22. The molecule has 0 fully saturated rings. The van der Waals surface area contributed by atoms with Gasteiger partial charge in [0.2, 0.25) is 5.91 Å². The number of amides is 3. The first-order valence-electron chi connectivity index (χ1n) is 6.23. The van der Waals surface area contributed by atoms with Crippen molar-refractivity contribution < 1.29 is 23.5 Å². The van der Waals surface area contributed by atoms with E-state index in [0.29, 0.717) is 6.54 Å². The van der Waals surface area contributed by atoms with Crippen molar-refractivity contribution in [1.82, 2.24) is 20.8 Å². The second-order valence-corrected chi connectivity index (χ2v) is 4.99. The van der Waals surface area contributed by atoms with Gasteiger partial charge in [0.1, 0.15) is 0 Å². The van der Waals surface area contributed by atoms with Gasteiger partial charge in [0.25, 0.3) is 5.22 Å². The molecule has 0 aliphatic carbocycles. The Labute approximate surface area is 125 Å². The highest BCUT2D eigenvalue weighted by Crippen LogP contribution is 2.21. The average Bonchev–Trinajstić information content (AvgIpc) is 2.87. The zero-order valence-corrected chi connectivity index (χ0v) is 12.7. The number of hydrogen-bond donors (Lipinski definition) is 2. The first-order chi connectivity index (χ1) is 9.97. The number of ether oxygens (including phenoxy) is 1. The average molecular weight is 316 g/mol. The summed E-state index contributed by atoms with van der Waals surface area (Å²) in [5.74, 6) is -1.52. The molecular weight excluding hydrogens is 300 g/mol. The largest absolute Gasteiger partial charge is 0.459 e. The van der Waals surface area contributed by atoms with E-state index in [9.17, 15) is 14.4 Å². The number of rotatable bonds is 6. The number of carbonyl (C=O) groups is 3. The molecule has 0 aliphatic rings. The second-order valence-electron chi connectivity index (χ2n) is 3.70. The minimum absolute atomic E-state index is 0.0385. The molecule has 0 saturated carbocycles. The number of aromatic nitrogens is 2. The predicted molar refractivity (Wildman–Crippen MR) is 72.8 cm³/mol. The summed E-state index contributed by atoms with van der Waals surface area (Å²) in [6.45, 7) is 5.55. The zero-order chi connectivity index (χ0) is 15.8. The van der Waals surface area contributed by atoms with Crippen LogP contribution in [0.2, 0.25) is 0 Å². The van der Waals surface area contributed by atoms with E-state index in [1.807, 2.05) is 0 Å². The van der Waals surface area contributed by atoms with Crippen LogP contribution in [0.15, 0.2) is 9.64 Å². The van der Waals surface area contributed by atoms with Gasteiger partial charge in [0.15, 0.2) is 0 Å². The minimum atomic E-state index is -0.726. The molecule has 10 heteroatoms. The van der Waals surface area contributed by atoms with Gasteiger partial charge < -0.3 is 14.5 Å². The van der Waals surface area contributed by atoms with Crippen LogP contribution in [-0.2, 0) is 9.53 Å². The number of urea groups is 1. The van der Waals surface area contributed by atoms with Gasteiger partial charge in [-0.05, 0) is 20.8 Å². The number of imide groups is 1. The molecule has 9 nitrogen and oxygen atoms in total. The summed E-state index contributed by atoms with van der Waals surface area (Å²) in [6, 6.07) is -0.576. The van der Waals surface area contributed by atoms with Crippen molar-refractivity contribution in [3.05, 3.63) is 5.89 Å². The Morgan fingerprint density at radius 1 is 1.33 bits per heavy atom. The summed E-state index contributed by atoms with van der Waals surface area (Å²) in [5, 5.41) is 11.1. The normalized spacial score (nSPS) is 11.6. The van der Waals surface area contributed by atoms with Crippen LogP contribution >= 0.6 is 11.8 Å². The maximum absolute atomic E-state index is 11.7. The van der Waals surface area contributed by atoms with Gasteiger partial charge in [-0.1, -0.05) is 16.9 Å². The van der Waals surface area contributed by atoms with Crippen LogP contribution in [0.25, 0.3) is 0 Å². The maximum atomic E-state index is 11.7. The Hall–Kier alpha value is -2.10. The minimum Gasteiger partial charge on any atom is -0.459 e. The third-order valence-corrected chi connectivity index (χ3v) is 3.01. The van der Waals surface area contributed by atoms with Gasteiger partial charge in [0, 0.05) is 6.54 Å². The van der Waals surface area contributed by atoms with E-state index < -0.39 is 23.2 Å². The molecule has 0 aromatic carbocycles. The van der Waals surface area contributed by atoms with Gasteiger partial charge >= 0.3 is 17.9 Å². The van der Waals surface area contributed by atoms with Crippen molar-refractivity contribution in [2.45, 2.75) is 31.2 Å². The van der Waals surface area contributed by atoms with E-state index in [1.54, 1.807) is 20.8 Å². The number of esters is 1. The van der Waals surface area contributed by atoms with Gasteiger partial charge in [0.05, 0.1) is 11.9 Å². The third kappa shape index (κ3) is 5.42. The Balaban J connectivity index is 2.54. The standard InChI is InChI=1S/C11H16N4O5S/c1-4-12-10(18)13-7(16)6(3)21-11-15-14-8(20-11)9(17)19-5-2/h6H,4-5H2,1-3H3,(H2,12,13,16,18). The van der Waals surface area contributed by atoms with Gasteiger partial charge in [-0.15, -0.1) is 5.10 Å². The summed E-state index contributed by atoms with van der Waals surface area (Å²) in [7, 11) is 0. The van der Waals surface area contributed by atoms with Gasteiger partial charge in [-0.3, -0.25) is 10.1 Å². The van der Waals surface area contributed by atoms with Crippen molar-refractivity contribution in [1.29, 1.82) is 0 Å². The molecule has 1 heterocycles. The van der Waals surface area contributed by atoms with Gasteiger partial charge in [-0.25, -0.2) is 9.59 Å². The highest BCUT2D eigenvalue weighted by molar-refractivity contribution is 8.00. The second kappa shape index (κ2) is 8.25. The fourth-order valence-electron chi connectivity index (χ4n) is 1.16. The van der Waals surface area contributed by atoms with Crippen molar-refractivity contribution in [2.24, 2.45) is 0 Å². The lowest BCUT2D eigenvalue weighted by Crippen LogP contribution is -2.42. The molecule has 0 bridgehead atoms. The monoisotopic (exact) mass is 316 g/mol. The number of carbonyl (C=O) groups excluding carboxylic acids is 3. The van der Waals surface area contributed by atoms with E-state index in [2.05, 4.69) is 20.8 Å². The first kappa shape index (κ1) is 17.0. The number of thioether (sulfide) groups is 1. The molecule has 0 radical (unpaired) electrons. The van der Waals surface area contributed by atoms with Crippen LogP contribution in [0, 0.1) is 0 Å². The van der Waals surface area contributed by atoms with E-state index in [1.165, 1.54) is 0 Å². The maximum Gasteiger partial charge on any atom is 0.396 e. The molecule has 0 saturated heterocycles. The molecule has 2 N–H and O–H groups in total. The lowest BCUT2D eigenvalue weighted by atomic mass is 10.4. The van der Waals surface area contributed by atoms with Crippen LogP contribution in [0.5, 0.6) is 0 Å². The predicted octanol–water partition coefficient (Wildman–Crippen LogP) is 0.573. The van der Waals surface area contributed by atoms with Crippen molar-refractivity contribution in [3.8, 4) is 0 Å². The van der Waals surface area contributed by atoms with Gasteiger partial charge in [-0.2, -0.15) is 0 Å². The van der Waals surface area contributed by atoms with Crippen molar-refractivity contribution in [3.63, 3.8) is 0 Å². The fraction of sp³-hybridized carbons (Fsp3) is 0.545. The third-order valence-electron chi connectivity index (χ3n) is 2.08. The number of hydrogen-bond acceptors (Lipinski definition) is 8. The Morgan fingerprint density at radius 3 is 2.67 bits per heavy atom. The lowest BCUT2D eigenvalue weighted by molar-refractivity contribution is -0.119. The topological polar surface area (TPSA) is 123 Å². The van der Waals surface area contributed by atoms with Crippen molar-refractivity contribution >= 4 is 29.7 Å². The SMILES string of the molecule is CCNC(=O)NC(=O)C(C)Sc1nnc(C(=O)OCC)o1. The summed E-state index contributed by atoms with van der Waals surface area (Å²) >= 11 is 0.928. The highest BCUT2D eigenvalue weighted by atomic mass is 32.2. The number of nitrogens with zero attached hydrogens (tertiary/aromatic N) is 2. The van der Waals surface area contributed by atoms with Crippen LogP contribution < -0.4 is 10.6 Å². The molecule has 1 rings (SSSR count). The molecule has 1 atom stereocenters. The Morgan fingerprint density at radius 2 is 2.05 bits per heavy atom. The molecule has 3 amide bonds. The van der Waals surface area contributed by atoms with Crippen LogP contribution in [-0.4, -0.2) is 46.5 Å². The lowest BCUT2D eigenvalue weighted by Gasteiger charge is -2.08. The molecule has 116 valence electrons. The molecular formula is C11H16N4O5S. The molecule has 1 unspecified atom stereocenters. The van der Waals surface area contributed by atoms with Crippen LogP contribution in [0.3, 0.4) is 0 Å². The molecule has 1 aromatic rings. The van der Waals surface area contributed by atoms with E-state index in [0.717, 1.165) is 11.8 Å². The summed E-state index contributed by atoms with van der Waals surface area (Å²) < 4.78 is 9.75. The zero-order valence-electron chi connectivity index (χ0n) is 11.8.